The molecule has 0 radical (unpaired) electrons. The van der Waals surface area contributed by atoms with Crippen LogP contribution in [-0.2, 0) is 14.3 Å². The molecule has 0 spiro atoms. The summed E-state index contributed by atoms with van der Waals surface area (Å²) in [4.78, 5) is 25.1. The molecule has 1 aliphatic heterocycles. The number of nitrogens with one attached hydrogen (secondary N) is 1. The molecule has 1 amide bonds. The van der Waals surface area contributed by atoms with Crippen molar-refractivity contribution >= 4 is 12.1 Å². The van der Waals surface area contributed by atoms with Gasteiger partial charge in [-0.15, -0.1) is 0 Å². The molecular weight excluding hydrogens is 296 g/mol. The fourth-order valence-corrected chi connectivity index (χ4v) is 2.62. The van der Waals surface area contributed by atoms with E-state index in [-0.39, 0.29) is 12.1 Å². The fourth-order valence-electron chi connectivity index (χ4n) is 2.62. The summed E-state index contributed by atoms with van der Waals surface area (Å²) in [7, 11) is 0. The second-order valence-electron chi connectivity index (χ2n) is 7.05. The number of carbonyl (C=O) groups is 2. The minimum Gasteiger partial charge on any atom is -0.466 e. The Bertz CT molecular complexity index is 379. The predicted molar refractivity (Wildman–Crippen MR) is 89.3 cm³/mol. The van der Waals surface area contributed by atoms with Gasteiger partial charge in [-0.25, -0.2) is 4.79 Å². The van der Waals surface area contributed by atoms with Crippen LogP contribution in [0.4, 0.5) is 4.79 Å². The minimum absolute atomic E-state index is 0.136. The first kappa shape index (κ1) is 19.7. The molecule has 0 saturated carbocycles. The second kappa shape index (κ2) is 9.75. The van der Waals surface area contributed by atoms with Gasteiger partial charge < -0.3 is 19.7 Å². The number of ether oxygens (including phenoxy) is 2. The van der Waals surface area contributed by atoms with Crippen LogP contribution in [-0.4, -0.2) is 55.3 Å². The number of carbonyl (C=O) groups excluding carboxylic acids is 2. The summed E-state index contributed by atoms with van der Waals surface area (Å²) >= 11 is 0. The van der Waals surface area contributed by atoms with Crippen LogP contribution in [0.1, 0.15) is 53.4 Å². The fraction of sp³-hybridized carbons (Fsp3) is 0.882. The van der Waals surface area contributed by atoms with Crippen molar-refractivity contribution in [1.82, 2.24) is 10.2 Å². The zero-order chi connectivity index (χ0) is 17.3. The highest BCUT2D eigenvalue weighted by Gasteiger charge is 2.27. The number of nitrogens with zero attached hydrogens (tertiary/aromatic N) is 1. The van der Waals surface area contributed by atoms with Crippen molar-refractivity contribution < 1.29 is 19.1 Å². The molecule has 1 heterocycles. The molecule has 134 valence electrons. The van der Waals surface area contributed by atoms with E-state index in [1.54, 1.807) is 4.90 Å². The Morgan fingerprint density at radius 2 is 2.04 bits per heavy atom. The van der Waals surface area contributed by atoms with Crippen LogP contribution in [0, 0.1) is 5.92 Å². The Labute approximate surface area is 139 Å². The molecule has 0 aromatic heterocycles. The topological polar surface area (TPSA) is 67.9 Å². The molecule has 1 atom stereocenters. The molecule has 0 aromatic rings. The van der Waals surface area contributed by atoms with E-state index in [1.165, 1.54) is 0 Å². The normalized spacial score (nSPS) is 18.6. The van der Waals surface area contributed by atoms with E-state index in [2.05, 4.69) is 5.32 Å². The molecule has 6 heteroatoms. The van der Waals surface area contributed by atoms with E-state index < -0.39 is 5.60 Å². The third kappa shape index (κ3) is 8.79. The Morgan fingerprint density at radius 1 is 1.30 bits per heavy atom. The highest BCUT2D eigenvalue weighted by atomic mass is 16.6. The van der Waals surface area contributed by atoms with Gasteiger partial charge in [0, 0.05) is 19.5 Å². The monoisotopic (exact) mass is 328 g/mol. The molecule has 1 rings (SSSR count). The summed E-state index contributed by atoms with van der Waals surface area (Å²) in [5.41, 5.74) is -0.449. The number of hydrogen-bond acceptors (Lipinski definition) is 5. The highest BCUT2D eigenvalue weighted by molar-refractivity contribution is 5.69. The van der Waals surface area contributed by atoms with Crippen LogP contribution in [0.15, 0.2) is 0 Å². The molecule has 1 saturated heterocycles. The first-order valence-electron chi connectivity index (χ1n) is 8.66. The Balaban J connectivity index is 2.20. The van der Waals surface area contributed by atoms with Gasteiger partial charge in [0.25, 0.3) is 0 Å². The SMILES string of the molecule is CCOC(=O)CCCNCC1CCCN(C(=O)OC(C)(C)C)C1. The van der Waals surface area contributed by atoms with E-state index in [1.807, 2.05) is 27.7 Å². The lowest BCUT2D eigenvalue weighted by molar-refractivity contribution is -0.143. The first-order chi connectivity index (χ1) is 10.8. The van der Waals surface area contributed by atoms with Gasteiger partial charge in [0.1, 0.15) is 5.60 Å². The summed E-state index contributed by atoms with van der Waals surface area (Å²) < 4.78 is 10.3. The van der Waals surface area contributed by atoms with Crippen molar-refractivity contribution in [2.75, 3.05) is 32.8 Å². The van der Waals surface area contributed by atoms with E-state index in [0.717, 1.165) is 45.4 Å². The van der Waals surface area contributed by atoms with E-state index in [4.69, 9.17) is 9.47 Å². The number of piperidine rings is 1. The first-order valence-corrected chi connectivity index (χ1v) is 8.66. The average Bonchev–Trinajstić information content (AvgIpc) is 2.46. The van der Waals surface area contributed by atoms with Gasteiger partial charge >= 0.3 is 12.1 Å². The Kier molecular flexibility index (Phi) is 8.37. The van der Waals surface area contributed by atoms with Gasteiger partial charge in [-0.05, 0) is 66.0 Å². The standard InChI is InChI=1S/C17H32N2O4/c1-5-22-15(20)9-6-10-18-12-14-8-7-11-19(13-14)16(21)23-17(2,3)4/h14,18H,5-13H2,1-4H3. The minimum atomic E-state index is -0.449. The van der Waals surface area contributed by atoms with Crippen molar-refractivity contribution in [3.05, 3.63) is 0 Å². The Hall–Kier alpha value is -1.30. The Morgan fingerprint density at radius 3 is 2.70 bits per heavy atom. The molecule has 0 aromatic carbocycles. The lowest BCUT2D eigenvalue weighted by Crippen LogP contribution is -2.45. The number of esters is 1. The van der Waals surface area contributed by atoms with E-state index in [9.17, 15) is 9.59 Å². The molecular formula is C17H32N2O4. The van der Waals surface area contributed by atoms with E-state index in [0.29, 0.717) is 18.9 Å². The van der Waals surface area contributed by atoms with Crippen molar-refractivity contribution in [3.8, 4) is 0 Å². The largest absolute Gasteiger partial charge is 0.466 e. The molecule has 6 nitrogen and oxygen atoms in total. The lowest BCUT2D eigenvalue weighted by Gasteiger charge is -2.34. The molecule has 23 heavy (non-hydrogen) atoms. The van der Waals surface area contributed by atoms with Crippen LogP contribution in [0.3, 0.4) is 0 Å². The predicted octanol–water partition coefficient (Wildman–Crippen LogP) is 2.57. The van der Waals surface area contributed by atoms with Crippen molar-refractivity contribution in [2.45, 2.75) is 59.0 Å². The van der Waals surface area contributed by atoms with Gasteiger partial charge in [0.2, 0.25) is 0 Å². The van der Waals surface area contributed by atoms with Gasteiger partial charge in [0.15, 0.2) is 0 Å². The number of rotatable bonds is 7. The van der Waals surface area contributed by atoms with Gasteiger partial charge in [-0.1, -0.05) is 0 Å². The van der Waals surface area contributed by atoms with Crippen LogP contribution in [0.5, 0.6) is 0 Å². The summed E-state index contributed by atoms with van der Waals surface area (Å²) in [6.07, 6.45) is 3.14. The summed E-state index contributed by atoms with van der Waals surface area (Å²) in [6, 6.07) is 0. The second-order valence-corrected chi connectivity index (χ2v) is 7.05. The maximum Gasteiger partial charge on any atom is 0.410 e. The number of likely N-dealkylation sites (tertiary alicyclic amines) is 1. The smallest absolute Gasteiger partial charge is 0.410 e. The highest BCUT2D eigenvalue weighted by Crippen LogP contribution is 2.18. The zero-order valence-electron chi connectivity index (χ0n) is 15.0. The number of hydrogen-bond donors (Lipinski definition) is 1. The van der Waals surface area contributed by atoms with Gasteiger partial charge in [0.05, 0.1) is 6.61 Å². The molecule has 0 aliphatic carbocycles. The maximum atomic E-state index is 12.1. The maximum absolute atomic E-state index is 12.1. The quantitative estimate of drug-likeness (QED) is 0.575. The van der Waals surface area contributed by atoms with Crippen LogP contribution in [0.2, 0.25) is 0 Å². The van der Waals surface area contributed by atoms with Crippen LogP contribution in [0.25, 0.3) is 0 Å². The summed E-state index contributed by atoms with van der Waals surface area (Å²) in [5.74, 6) is 0.307. The third-order valence-corrected chi connectivity index (χ3v) is 3.64. The van der Waals surface area contributed by atoms with Crippen LogP contribution < -0.4 is 5.32 Å². The lowest BCUT2D eigenvalue weighted by atomic mass is 9.98. The molecule has 1 unspecified atom stereocenters. The third-order valence-electron chi connectivity index (χ3n) is 3.64. The number of amides is 1. The average molecular weight is 328 g/mol. The van der Waals surface area contributed by atoms with Gasteiger partial charge in [-0.3, -0.25) is 4.79 Å². The van der Waals surface area contributed by atoms with E-state index >= 15 is 0 Å². The van der Waals surface area contributed by atoms with Gasteiger partial charge in [-0.2, -0.15) is 0 Å². The summed E-state index contributed by atoms with van der Waals surface area (Å²) in [5, 5.41) is 3.37. The van der Waals surface area contributed by atoms with Crippen molar-refractivity contribution in [2.24, 2.45) is 5.92 Å². The van der Waals surface area contributed by atoms with Crippen molar-refractivity contribution in [3.63, 3.8) is 0 Å². The van der Waals surface area contributed by atoms with Crippen LogP contribution >= 0.6 is 0 Å². The molecule has 1 aliphatic rings. The zero-order valence-corrected chi connectivity index (χ0v) is 15.0. The van der Waals surface area contributed by atoms with Crippen molar-refractivity contribution in [1.29, 1.82) is 0 Å². The molecule has 0 bridgehead atoms. The molecule has 1 fully saturated rings. The molecule has 1 N–H and O–H groups in total. The summed E-state index contributed by atoms with van der Waals surface area (Å²) in [6.45, 7) is 11.1.